The largest absolute Gasteiger partial charge is 0.336 e. The van der Waals surface area contributed by atoms with Gasteiger partial charge in [-0.05, 0) is 39.0 Å². The average molecular weight is 285 g/mol. The standard InChI is InChI=1S/C14H23NO3S/c1-11(10-19(2,17)18)15(13-8-9-13)14(16)12-6-4-3-5-7-12/h3-4,11-13H,5-10H2,1-2H3/t11-,12+/m0/s1. The number of carbonyl (C=O) groups excluding carboxylic acids is 1. The van der Waals surface area contributed by atoms with Gasteiger partial charge in [0.25, 0.3) is 0 Å². The summed E-state index contributed by atoms with van der Waals surface area (Å²) in [4.78, 5) is 14.5. The molecule has 2 atom stereocenters. The molecule has 0 bridgehead atoms. The van der Waals surface area contributed by atoms with Gasteiger partial charge in [-0.3, -0.25) is 4.79 Å². The molecule has 2 rings (SSSR count). The molecule has 0 spiro atoms. The summed E-state index contributed by atoms with van der Waals surface area (Å²) in [6.07, 6.45) is 10.1. The van der Waals surface area contributed by atoms with Crippen LogP contribution >= 0.6 is 0 Å². The number of nitrogens with zero attached hydrogens (tertiary/aromatic N) is 1. The molecule has 0 heterocycles. The molecule has 0 aromatic rings. The van der Waals surface area contributed by atoms with Gasteiger partial charge < -0.3 is 4.90 Å². The zero-order valence-electron chi connectivity index (χ0n) is 11.7. The predicted octanol–water partition coefficient (Wildman–Crippen LogP) is 1.77. The minimum absolute atomic E-state index is 0.0487. The van der Waals surface area contributed by atoms with Gasteiger partial charge in [0.2, 0.25) is 5.91 Å². The molecule has 0 aliphatic heterocycles. The Morgan fingerprint density at radius 2 is 2.00 bits per heavy atom. The molecule has 4 nitrogen and oxygen atoms in total. The van der Waals surface area contributed by atoms with Crippen LogP contribution in [0.2, 0.25) is 0 Å². The number of hydrogen-bond donors (Lipinski definition) is 0. The van der Waals surface area contributed by atoms with Crippen molar-refractivity contribution in [2.45, 2.75) is 51.1 Å². The van der Waals surface area contributed by atoms with Gasteiger partial charge in [-0.25, -0.2) is 8.42 Å². The number of sulfone groups is 1. The molecular weight excluding hydrogens is 262 g/mol. The third-order valence-electron chi connectivity index (χ3n) is 3.83. The monoisotopic (exact) mass is 285 g/mol. The lowest BCUT2D eigenvalue weighted by Gasteiger charge is -2.32. The van der Waals surface area contributed by atoms with Crippen LogP contribution < -0.4 is 0 Å². The van der Waals surface area contributed by atoms with Crippen LogP contribution in [-0.4, -0.2) is 43.3 Å². The molecule has 2 aliphatic rings. The fourth-order valence-electron chi connectivity index (χ4n) is 2.86. The van der Waals surface area contributed by atoms with Gasteiger partial charge in [0.1, 0.15) is 9.84 Å². The van der Waals surface area contributed by atoms with E-state index in [0.29, 0.717) is 0 Å². The first-order chi connectivity index (χ1) is 8.88. The lowest BCUT2D eigenvalue weighted by Crippen LogP contribution is -2.46. The minimum atomic E-state index is -3.05. The van der Waals surface area contributed by atoms with E-state index >= 15 is 0 Å². The Morgan fingerprint density at radius 1 is 1.32 bits per heavy atom. The molecule has 0 saturated heterocycles. The van der Waals surface area contributed by atoms with Crippen molar-refractivity contribution < 1.29 is 13.2 Å². The van der Waals surface area contributed by atoms with Gasteiger partial charge in [0.05, 0.1) is 5.75 Å². The van der Waals surface area contributed by atoms with E-state index < -0.39 is 9.84 Å². The molecular formula is C14H23NO3S. The van der Waals surface area contributed by atoms with Gasteiger partial charge >= 0.3 is 0 Å². The highest BCUT2D eigenvalue weighted by molar-refractivity contribution is 7.90. The van der Waals surface area contributed by atoms with E-state index in [1.165, 1.54) is 6.26 Å². The van der Waals surface area contributed by atoms with E-state index in [4.69, 9.17) is 0 Å². The van der Waals surface area contributed by atoms with Crippen molar-refractivity contribution in [2.75, 3.05) is 12.0 Å². The van der Waals surface area contributed by atoms with Crippen molar-refractivity contribution in [3.8, 4) is 0 Å². The van der Waals surface area contributed by atoms with Crippen molar-refractivity contribution in [3.63, 3.8) is 0 Å². The SMILES string of the molecule is C[C@@H](CS(C)(=O)=O)N(C(=O)[C@@H]1CC=CCC1)C1CC1. The highest BCUT2D eigenvalue weighted by Gasteiger charge is 2.39. The molecule has 0 unspecified atom stereocenters. The van der Waals surface area contributed by atoms with Gasteiger partial charge in [0, 0.05) is 24.3 Å². The first-order valence-corrected chi connectivity index (χ1v) is 9.09. The van der Waals surface area contributed by atoms with Crippen molar-refractivity contribution >= 4 is 15.7 Å². The van der Waals surface area contributed by atoms with Crippen molar-refractivity contribution in [3.05, 3.63) is 12.2 Å². The average Bonchev–Trinajstić information content (AvgIpc) is 3.12. The minimum Gasteiger partial charge on any atom is -0.336 e. The third-order valence-corrected chi connectivity index (χ3v) is 4.92. The Kier molecular flexibility index (Phi) is 4.33. The molecule has 5 heteroatoms. The van der Waals surface area contributed by atoms with Crippen LogP contribution in [0.15, 0.2) is 12.2 Å². The van der Waals surface area contributed by atoms with Crippen LogP contribution in [0, 0.1) is 5.92 Å². The fraction of sp³-hybridized carbons (Fsp3) is 0.786. The Hall–Kier alpha value is -0.840. The maximum absolute atomic E-state index is 12.6. The summed E-state index contributed by atoms with van der Waals surface area (Å²) in [5.41, 5.74) is 0. The molecule has 0 radical (unpaired) electrons. The highest BCUT2D eigenvalue weighted by Crippen LogP contribution is 2.32. The zero-order chi connectivity index (χ0) is 14.0. The number of rotatable bonds is 5. The van der Waals surface area contributed by atoms with Gasteiger partial charge in [0.15, 0.2) is 0 Å². The lowest BCUT2D eigenvalue weighted by molar-refractivity contribution is -0.138. The number of amides is 1. The molecule has 2 aliphatic carbocycles. The van der Waals surface area contributed by atoms with E-state index in [9.17, 15) is 13.2 Å². The predicted molar refractivity (Wildman–Crippen MR) is 75.5 cm³/mol. The maximum Gasteiger partial charge on any atom is 0.226 e. The molecule has 1 fully saturated rings. The number of allylic oxidation sites excluding steroid dienone is 2. The van der Waals surface area contributed by atoms with Crippen molar-refractivity contribution in [1.29, 1.82) is 0 Å². The van der Waals surface area contributed by atoms with Gasteiger partial charge in [-0.15, -0.1) is 0 Å². The second kappa shape index (κ2) is 5.65. The summed E-state index contributed by atoms with van der Waals surface area (Å²) in [5.74, 6) is 0.272. The Balaban J connectivity index is 2.06. The number of hydrogen-bond acceptors (Lipinski definition) is 3. The van der Waals surface area contributed by atoms with E-state index in [2.05, 4.69) is 12.2 Å². The second-order valence-electron chi connectivity index (χ2n) is 5.90. The maximum atomic E-state index is 12.6. The zero-order valence-corrected chi connectivity index (χ0v) is 12.5. The Bertz CT molecular complexity index is 465. The second-order valence-corrected chi connectivity index (χ2v) is 8.08. The summed E-state index contributed by atoms with van der Waals surface area (Å²) in [6, 6.07) is 0.0658. The summed E-state index contributed by atoms with van der Waals surface area (Å²) >= 11 is 0. The van der Waals surface area contributed by atoms with E-state index in [1.807, 2.05) is 11.8 Å². The third kappa shape index (κ3) is 4.06. The Labute approximate surface area is 115 Å². The fourth-order valence-corrected chi connectivity index (χ4v) is 3.89. The normalized spacial score (nSPS) is 25.1. The molecule has 1 saturated carbocycles. The smallest absolute Gasteiger partial charge is 0.226 e. The van der Waals surface area contributed by atoms with Gasteiger partial charge in [-0.1, -0.05) is 12.2 Å². The molecule has 108 valence electrons. The van der Waals surface area contributed by atoms with Crippen LogP contribution in [0.25, 0.3) is 0 Å². The first-order valence-electron chi connectivity index (χ1n) is 7.03. The van der Waals surface area contributed by atoms with Crippen LogP contribution in [0.3, 0.4) is 0 Å². The van der Waals surface area contributed by atoms with Crippen LogP contribution in [0.1, 0.15) is 39.0 Å². The summed E-state index contributed by atoms with van der Waals surface area (Å²) in [7, 11) is -3.05. The quantitative estimate of drug-likeness (QED) is 0.723. The van der Waals surface area contributed by atoms with E-state index in [0.717, 1.165) is 32.1 Å². The topological polar surface area (TPSA) is 54.5 Å². The molecule has 1 amide bonds. The van der Waals surface area contributed by atoms with Crippen LogP contribution in [0.5, 0.6) is 0 Å². The highest BCUT2D eigenvalue weighted by atomic mass is 32.2. The van der Waals surface area contributed by atoms with Crippen molar-refractivity contribution in [2.24, 2.45) is 5.92 Å². The van der Waals surface area contributed by atoms with Crippen LogP contribution in [0.4, 0.5) is 0 Å². The molecule has 0 aromatic heterocycles. The summed E-state index contributed by atoms with van der Waals surface area (Å²) in [5, 5.41) is 0. The summed E-state index contributed by atoms with van der Waals surface area (Å²) in [6.45, 7) is 1.86. The molecule has 19 heavy (non-hydrogen) atoms. The van der Waals surface area contributed by atoms with E-state index in [-0.39, 0.29) is 29.7 Å². The van der Waals surface area contributed by atoms with E-state index in [1.54, 1.807) is 0 Å². The molecule has 0 aromatic carbocycles. The molecule has 0 N–H and O–H groups in total. The number of carbonyl (C=O) groups is 1. The van der Waals surface area contributed by atoms with Crippen LogP contribution in [-0.2, 0) is 14.6 Å². The lowest BCUT2D eigenvalue weighted by atomic mass is 9.92. The van der Waals surface area contributed by atoms with Crippen molar-refractivity contribution in [1.82, 2.24) is 4.90 Å². The Morgan fingerprint density at radius 3 is 2.47 bits per heavy atom. The van der Waals surface area contributed by atoms with Gasteiger partial charge in [-0.2, -0.15) is 0 Å². The first kappa shape index (κ1) is 14.6. The summed E-state index contributed by atoms with van der Waals surface area (Å²) < 4.78 is 22.9.